The maximum Gasteiger partial charge on any atom is 0.314 e. The molecule has 0 aromatic heterocycles. The molecule has 0 unspecified atom stereocenters. The molecule has 0 bridgehead atoms. The van der Waals surface area contributed by atoms with Crippen molar-refractivity contribution in [3.63, 3.8) is 0 Å². The molecule has 1 aliphatic rings. The zero-order valence-electron chi connectivity index (χ0n) is 10.7. The van der Waals surface area contributed by atoms with Gasteiger partial charge in [-0.05, 0) is 18.6 Å². The summed E-state index contributed by atoms with van der Waals surface area (Å²) in [5.74, 6) is 0.567. The first-order valence-corrected chi connectivity index (χ1v) is 7.12. The van der Waals surface area contributed by atoms with Gasteiger partial charge in [-0.2, -0.15) is 0 Å². The molecule has 0 aliphatic carbocycles. The molecular weight excluding hydrogens is 248 g/mol. The van der Waals surface area contributed by atoms with Gasteiger partial charge in [-0.1, -0.05) is 18.2 Å². The van der Waals surface area contributed by atoms with Gasteiger partial charge >= 0.3 is 5.97 Å². The fraction of sp³-hybridized carbons (Fsp3) is 0.500. The summed E-state index contributed by atoms with van der Waals surface area (Å²) in [6, 6.07) is 8.04. The summed E-state index contributed by atoms with van der Waals surface area (Å²) in [6.45, 7) is 2.39. The molecule has 18 heavy (non-hydrogen) atoms. The Morgan fingerprint density at radius 3 is 3.06 bits per heavy atom. The van der Waals surface area contributed by atoms with Crippen LogP contribution in [0.5, 0.6) is 0 Å². The topological polar surface area (TPSA) is 35.5 Å². The molecule has 1 aromatic carbocycles. The van der Waals surface area contributed by atoms with Crippen molar-refractivity contribution in [3.8, 4) is 0 Å². The van der Waals surface area contributed by atoms with E-state index in [1.807, 2.05) is 25.1 Å². The van der Waals surface area contributed by atoms with Crippen molar-refractivity contribution < 1.29 is 14.3 Å². The second kappa shape index (κ2) is 6.25. The van der Waals surface area contributed by atoms with Crippen LogP contribution < -0.4 is 0 Å². The molecule has 0 saturated carbocycles. The van der Waals surface area contributed by atoms with E-state index in [2.05, 4.69) is 6.07 Å². The van der Waals surface area contributed by atoms with Gasteiger partial charge in [0.25, 0.3) is 0 Å². The number of carbonyl (C=O) groups excluding carboxylic acids is 1. The lowest BCUT2D eigenvalue weighted by Gasteiger charge is -2.13. The second-order valence-corrected chi connectivity index (χ2v) is 5.47. The molecule has 0 radical (unpaired) electrons. The van der Waals surface area contributed by atoms with Crippen molar-refractivity contribution in [1.82, 2.24) is 0 Å². The number of esters is 1. The Bertz CT molecular complexity index is 419. The first kappa shape index (κ1) is 13.4. The Balaban J connectivity index is 1.88. The average Bonchev–Trinajstić information content (AvgIpc) is 2.82. The van der Waals surface area contributed by atoms with Gasteiger partial charge in [0.1, 0.15) is 0 Å². The van der Waals surface area contributed by atoms with E-state index in [9.17, 15) is 4.79 Å². The van der Waals surface area contributed by atoms with E-state index in [0.29, 0.717) is 6.61 Å². The van der Waals surface area contributed by atoms with Crippen LogP contribution in [0.2, 0.25) is 0 Å². The molecule has 0 spiro atoms. The highest BCUT2D eigenvalue weighted by atomic mass is 32.2. The van der Waals surface area contributed by atoms with Crippen molar-refractivity contribution in [2.24, 2.45) is 0 Å². The number of fused-ring (bicyclic) bond motifs is 1. The van der Waals surface area contributed by atoms with Crippen LogP contribution in [0.4, 0.5) is 0 Å². The number of rotatable bonds is 5. The van der Waals surface area contributed by atoms with Gasteiger partial charge in [-0.15, -0.1) is 11.8 Å². The van der Waals surface area contributed by atoms with E-state index in [1.165, 1.54) is 4.90 Å². The van der Waals surface area contributed by atoms with Gasteiger partial charge in [0.05, 0.1) is 18.6 Å². The molecule has 0 amide bonds. The van der Waals surface area contributed by atoms with Crippen molar-refractivity contribution >= 4 is 17.7 Å². The smallest absolute Gasteiger partial charge is 0.314 e. The standard InChI is InChI=1S/C14H18O3S/c1-10(16-2)7-8-17-14(15)12-9-18-13-6-4-3-5-11(12)13/h3-6,10,12H,7-9H2,1-2H3/t10-,12+/m0/s1. The summed E-state index contributed by atoms with van der Waals surface area (Å²) in [4.78, 5) is 13.2. The molecule has 0 fully saturated rings. The molecule has 1 aliphatic heterocycles. The van der Waals surface area contributed by atoms with Gasteiger partial charge in [0.2, 0.25) is 0 Å². The highest BCUT2D eigenvalue weighted by Crippen LogP contribution is 2.39. The SMILES string of the molecule is CO[C@@H](C)CCOC(=O)[C@@H]1CSc2ccccc21. The van der Waals surface area contributed by atoms with Crippen LogP contribution in [0, 0.1) is 0 Å². The Kier molecular flexibility index (Phi) is 4.66. The lowest BCUT2D eigenvalue weighted by Crippen LogP contribution is -2.18. The zero-order valence-corrected chi connectivity index (χ0v) is 11.5. The van der Waals surface area contributed by atoms with Crippen molar-refractivity contribution in [2.75, 3.05) is 19.5 Å². The van der Waals surface area contributed by atoms with Crippen LogP contribution >= 0.6 is 11.8 Å². The van der Waals surface area contributed by atoms with Crippen LogP contribution in [-0.4, -0.2) is 31.5 Å². The van der Waals surface area contributed by atoms with Gasteiger partial charge in [0.15, 0.2) is 0 Å². The summed E-state index contributed by atoms with van der Waals surface area (Å²) in [7, 11) is 1.66. The first-order chi connectivity index (χ1) is 8.72. The van der Waals surface area contributed by atoms with Gasteiger partial charge in [-0.3, -0.25) is 4.79 Å². The van der Waals surface area contributed by atoms with E-state index in [1.54, 1.807) is 18.9 Å². The average molecular weight is 266 g/mol. The third-order valence-electron chi connectivity index (χ3n) is 3.16. The van der Waals surface area contributed by atoms with Crippen molar-refractivity contribution in [3.05, 3.63) is 29.8 Å². The van der Waals surface area contributed by atoms with E-state index < -0.39 is 0 Å². The summed E-state index contributed by atoms with van der Waals surface area (Å²) in [5.41, 5.74) is 1.10. The third-order valence-corrected chi connectivity index (χ3v) is 4.34. The maximum atomic E-state index is 12.0. The molecular formula is C14H18O3S. The molecule has 98 valence electrons. The molecule has 3 nitrogen and oxygen atoms in total. The Morgan fingerprint density at radius 1 is 1.50 bits per heavy atom. The number of hydrogen-bond acceptors (Lipinski definition) is 4. The molecule has 0 N–H and O–H groups in total. The van der Waals surface area contributed by atoms with Crippen LogP contribution in [0.3, 0.4) is 0 Å². The van der Waals surface area contributed by atoms with Gasteiger partial charge in [0, 0.05) is 24.2 Å². The number of hydrogen-bond donors (Lipinski definition) is 0. The minimum absolute atomic E-state index is 0.107. The van der Waals surface area contributed by atoms with Crippen LogP contribution in [0.1, 0.15) is 24.8 Å². The normalized spacial score (nSPS) is 19.3. The summed E-state index contributed by atoms with van der Waals surface area (Å²) in [5, 5.41) is 0. The molecule has 2 rings (SSSR count). The molecule has 1 aromatic rings. The fourth-order valence-electron chi connectivity index (χ4n) is 1.90. The molecule has 0 saturated heterocycles. The minimum Gasteiger partial charge on any atom is -0.465 e. The molecule has 2 atom stereocenters. The summed E-state index contributed by atoms with van der Waals surface area (Å²) in [6.07, 6.45) is 0.868. The van der Waals surface area contributed by atoms with Crippen molar-refractivity contribution in [1.29, 1.82) is 0 Å². The summed E-state index contributed by atoms with van der Waals surface area (Å²) < 4.78 is 10.4. The van der Waals surface area contributed by atoms with Crippen molar-refractivity contribution in [2.45, 2.75) is 30.3 Å². The minimum atomic E-state index is -0.115. The monoisotopic (exact) mass is 266 g/mol. The molecule has 4 heteroatoms. The maximum absolute atomic E-state index is 12.0. The van der Waals surface area contributed by atoms with Gasteiger partial charge in [-0.25, -0.2) is 0 Å². The number of ether oxygens (including phenoxy) is 2. The molecule has 1 heterocycles. The highest BCUT2D eigenvalue weighted by molar-refractivity contribution is 7.99. The number of benzene rings is 1. The second-order valence-electron chi connectivity index (χ2n) is 4.40. The Labute approximate surface area is 112 Å². The Morgan fingerprint density at radius 2 is 2.28 bits per heavy atom. The lowest BCUT2D eigenvalue weighted by atomic mass is 10.0. The Hall–Kier alpha value is -1.00. The van der Waals surface area contributed by atoms with E-state index in [4.69, 9.17) is 9.47 Å². The van der Waals surface area contributed by atoms with E-state index >= 15 is 0 Å². The number of carbonyl (C=O) groups is 1. The largest absolute Gasteiger partial charge is 0.465 e. The summed E-state index contributed by atoms with van der Waals surface area (Å²) >= 11 is 1.72. The highest BCUT2D eigenvalue weighted by Gasteiger charge is 2.30. The lowest BCUT2D eigenvalue weighted by molar-refractivity contribution is -0.145. The van der Waals surface area contributed by atoms with Crippen LogP contribution in [0.15, 0.2) is 29.2 Å². The predicted molar refractivity (Wildman–Crippen MR) is 72.0 cm³/mol. The van der Waals surface area contributed by atoms with E-state index in [-0.39, 0.29) is 18.0 Å². The van der Waals surface area contributed by atoms with E-state index in [0.717, 1.165) is 17.7 Å². The van der Waals surface area contributed by atoms with Gasteiger partial charge < -0.3 is 9.47 Å². The van der Waals surface area contributed by atoms with Crippen LogP contribution in [0.25, 0.3) is 0 Å². The quantitative estimate of drug-likeness (QED) is 0.768. The first-order valence-electron chi connectivity index (χ1n) is 6.13. The zero-order chi connectivity index (χ0) is 13.0. The third kappa shape index (κ3) is 3.06. The number of methoxy groups -OCH3 is 1. The fourth-order valence-corrected chi connectivity index (χ4v) is 3.12. The predicted octanol–water partition coefficient (Wildman–Crippen LogP) is 2.84. The number of thioether (sulfide) groups is 1. The van der Waals surface area contributed by atoms with Crippen LogP contribution in [-0.2, 0) is 14.3 Å².